The van der Waals surface area contributed by atoms with E-state index >= 15 is 0 Å². The normalized spacial score (nSPS) is 8.89. The summed E-state index contributed by atoms with van der Waals surface area (Å²) in [6.45, 7) is 7.46. The molecule has 0 nitrogen and oxygen atoms in total. The molecule has 2 aromatic carbocycles. The van der Waals surface area contributed by atoms with Crippen LogP contribution in [-0.2, 0) is 12.8 Å². The van der Waals surface area contributed by atoms with E-state index in [0.29, 0.717) is 0 Å². The van der Waals surface area contributed by atoms with Crippen LogP contribution in [0.5, 0.6) is 0 Å². The van der Waals surface area contributed by atoms with E-state index in [1.54, 1.807) is 0 Å². The summed E-state index contributed by atoms with van der Waals surface area (Å²) in [4.78, 5) is 0. The third-order valence-electron chi connectivity index (χ3n) is 2.51. The van der Waals surface area contributed by atoms with Gasteiger partial charge in [-0.05, 0) is 24.0 Å². The van der Waals surface area contributed by atoms with Gasteiger partial charge in [-0.1, -0.05) is 72.8 Å². The topological polar surface area (TPSA) is 0 Å². The van der Waals surface area contributed by atoms with Crippen LogP contribution >= 0.6 is 0 Å². The highest BCUT2D eigenvalue weighted by molar-refractivity contribution is 5.30. The highest BCUT2D eigenvalue weighted by Crippen LogP contribution is 2.10. The lowest BCUT2D eigenvalue weighted by Gasteiger charge is -2.03. The largest absolute Gasteiger partial charge is 0.103 e. The summed E-state index contributed by atoms with van der Waals surface area (Å²) in [7, 11) is 0. The quantitative estimate of drug-likeness (QED) is 0.667. The fourth-order valence-corrected chi connectivity index (χ4v) is 1.65. The molecule has 0 spiro atoms. The van der Waals surface area contributed by atoms with Crippen LogP contribution in [0, 0.1) is 0 Å². The molecule has 0 fully saturated rings. The van der Waals surface area contributed by atoms with Crippen LogP contribution in [0.2, 0.25) is 0 Å². The predicted molar refractivity (Wildman–Crippen MR) is 80.7 cm³/mol. The highest BCUT2D eigenvalue weighted by atomic mass is 14.0. The van der Waals surface area contributed by atoms with Gasteiger partial charge < -0.3 is 0 Å². The molecule has 0 aromatic heterocycles. The van der Waals surface area contributed by atoms with Crippen LogP contribution in [0.3, 0.4) is 0 Å². The second-order valence-electron chi connectivity index (χ2n) is 3.91. The van der Waals surface area contributed by atoms with E-state index in [1.807, 2.05) is 48.6 Å². The van der Waals surface area contributed by atoms with Crippen molar-refractivity contribution in [1.82, 2.24) is 0 Å². The standard InChI is InChI=1S/C12H14.C6H6/c1-3-7-11-9-5-6-10-12(11)8-4-2;1-2-4-6-5-3-1/h3-6,9-10H,1-2,7-8H2;1-6H. The molecule has 0 amide bonds. The van der Waals surface area contributed by atoms with Crippen molar-refractivity contribution in [1.29, 1.82) is 0 Å². The molecule has 0 saturated carbocycles. The summed E-state index contributed by atoms with van der Waals surface area (Å²) in [5.41, 5.74) is 2.71. The average Bonchev–Trinajstić information content (AvgIpc) is 2.44. The van der Waals surface area contributed by atoms with E-state index in [1.165, 1.54) is 11.1 Å². The van der Waals surface area contributed by atoms with Crippen molar-refractivity contribution in [2.45, 2.75) is 12.8 Å². The average molecular weight is 236 g/mol. The minimum absolute atomic E-state index is 0.948. The van der Waals surface area contributed by atoms with Crippen molar-refractivity contribution in [3.63, 3.8) is 0 Å². The molecule has 0 saturated heterocycles. The third-order valence-corrected chi connectivity index (χ3v) is 2.51. The zero-order valence-electron chi connectivity index (χ0n) is 10.8. The Morgan fingerprint density at radius 1 is 0.611 bits per heavy atom. The maximum absolute atomic E-state index is 3.73. The lowest BCUT2D eigenvalue weighted by atomic mass is 10.0. The molecule has 0 heteroatoms. The van der Waals surface area contributed by atoms with Crippen molar-refractivity contribution in [2.24, 2.45) is 0 Å². The maximum Gasteiger partial charge on any atom is -0.00973 e. The second kappa shape index (κ2) is 9.00. The summed E-state index contributed by atoms with van der Waals surface area (Å²) >= 11 is 0. The molecule has 0 atom stereocenters. The first-order valence-electron chi connectivity index (χ1n) is 6.17. The van der Waals surface area contributed by atoms with Gasteiger partial charge in [0.1, 0.15) is 0 Å². The Balaban J connectivity index is 0.000000225. The Morgan fingerprint density at radius 2 is 0.944 bits per heavy atom. The Hall–Kier alpha value is -2.08. The molecule has 0 aliphatic carbocycles. The van der Waals surface area contributed by atoms with Crippen molar-refractivity contribution in [3.05, 3.63) is 97.1 Å². The van der Waals surface area contributed by atoms with Gasteiger partial charge in [0, 0.05) is 0 Å². The van der Waals surface area contributed by atoms with Crippen molar-refractivity contribution in [2.75, 3.05) is 0 Å². The molecule has 0 aliphatic rings. The van der Waals surface area contributed by atoms with Gasteiger partial charge in [0.2, 0.25) is 0 Å². The second-order valence-corrected chi connectivity index (χ2v) is 3.91. The monoisotopic (exact) mass is 236 g/mol. The molecule has 0 N–H and O–H groups in total. The SMILES string of the molecule is C=CCc1ccccc1CC=C.c1ccccc1. The van der Waals surface area contributed by atoms with E-state index in [9.17, 15) is 0 Å². The van der Waals surface area contributed by atoms with Crippen LogP contribution in [0.4, 0.5) is 0 Å². The smallest absolute Gasteiger partial charge is 0.00973 e. The van der Waals surface area contributed by atoms with Crippen LogP contribution in [-0.4, -0.2) is 0 Å². The van der Waals surface area contributed by atoms with Crippen molar-refractivity contribution in [3.8, 4) is 0 Å². The molecule has 2 aromatic rings. The van der Waals surface area contributed by atoms with Crippen molar-refractivity contribution >= 4 is 0 Å². The molecular formula is C18H20. The number of rotatable bonds is 4. The van der Waals surface area contributed by atoms with E-state index in [0.717, 1.165) is 12.8 Å². The van der Waals surface area contributed by atoms with Crippen molar-refractivity contribution < 1.29 is 0 Å². The van der Waals surface area contributed by atoms with Crippen LogP contribution in [0.25, 0.3) is 0 Å². The van der Waals surface area contributed by atoms with E-state index in [2.05, 4.69) is 37.4 Å². The Labute approximate surface area is 110 Å². The van der Waals surface area contributed by atoms with Gasteiger partial charge in [0.05, 0.1) is 0 Å². The molecule has 18 heavy (non-hydrogen) atoms. The van der Waals surface area contributed by atoms with E-state index in [-0.39, 0.29) is 0 Å². The first-order chi connectivity index (χ1) is 8.88. The summed E-state index contributed by atoms with van der Waals surface area (Å²) < 4.78 is 0. The molecule has 0 bridgehead atoms. The number of hydrogen-bond donors (Lipinski definition) is 0. The lowest BCUT2D eigenvalue weighted by Crippen LogP contribution is -1.89. The van der Waals surface area contributed by atoms with Gasteiger partial charge in [-0.2, -0.15) is 0 Å². The van der Waals surface area contributed by atoms with Gasteiger partial charge in [-0.15, -0.1) is 13.2 Å². The summed E-state index contributed by atoms with van der Waals surface area (Å²) in [5.74, 6) is 0. The van der Waals surface area contributed by atoms with Gasteiger partial charge in [-0.3, -0.25) is 0 Å². The van der Waals surface area contributed by atoms with Gasteiger partial charge >= 0.3 is 0 Å². The Morgan fingerprint density at radius 3 is 1.22 bits per heavy atom. The minimum atomic E-state index is 0.948. The first kappa shape index (κ1) is 14.0. The summed E-state index contributed by atoms with van der Waals surface area (Å²) in [5, 5.41) is 0. The molecular weight excluding hydrogens is 216 g/mol. The zero-order chi connectivity index (χ0) is 13.1. The number of benzene rings is 2. The highest BCUT2D eigenvalue weighted by Gasteiger charge is 1.96. The predicted octanol–water partition coefficient (Wildman–Crippen LogP) is 4.83. The van der Waals surface area contributed by atoms with Gasteiger partial charge in [-0.25, -0.2) is 0 Å². The third kappa shape index (κ3) is 5.31. The van der Waals surface area contributed by atoms with E-state index in [4.69, 9.17) is 0 Å². The van der Waals surface area contributed by atoms with E-state index < -0.39 is 0 Å². The Kier molecular flexibility index (Phi) is 6.99. The fraction of sp³-hybridized carbons (Fsp3) is 0.111. The summed E-state index contributed by atoms with van der Waals surface area (Å²) in [6, 6.07) is 20.4. The first-order valence-corrected chi connectivity index (χ1v) is 6.17. The number of allylic oxidation sites excluding steroid dienone is 2. The number of hydrogen-bond acceptors (Lipinski definition) is 0. The van der Waals surface area contributed by atoms with Crippen LogP contribution in [0.1, 0.15) is 11.1 Å². The summed E-state index contributed by atoms with van der Waals surface area (Å²) in [6.07, 6.45) is 5.76. The van der Waals surface area contributed by atoms with Gasteiger partial charge in [0.25, 0.3) is 0 Å². The zero-order valence-corrected chi connectivity index (χ0v) is 10.8. The van der Waals surface area contributed by atoms with Crippen LogP contribution < -0.4 is 0 Å². The molecule has 0 heterocycles. The molecule has 0 unspecified atom stereocenters. The Bertz CT molecular complexity index is 399. The van der Waals surface area contributed by atoms with Gasteiger partial charge in [0.15, 0.2) is 0 Å². The van der Waals surface area contributed by atoms with Crippen LogP contribution in [0.15, 0.2) is 86.0 Å². The molecule has 92 valence electrons. The molecule has 0 aliphatic heterocycles. The minimum Gasteiger partial charge on any atom is -0.103 e. The molecule has 0 radical (unpaired) electrons. The maximum atomic E-state index is 3.73. The fourth-order valence-electron chi connectivity index (χ4n) is 1.65. The lowest BCUT2D eigenvalue weighted by molar-refractivity contribution is 1.15. The molecule has 2 rings (SSSR count).